The maximum absolute atomic E-state index is 12.0. The van der Waals surface area contributed by atoms with E-state index in [1.807, 2.05) is 31.2 Å². The van der Waals surface area contributed by atoms with Crippen molar-refractivity contribution in [2.75, 3.05) is 46.3 Å². The van der Waals surface area contributed by atoms with Gasteiger partial charge in [-0.15, -0.1) is 0 Å². The van der Waals surface area contributed by atoms with E-state index < -0.39 is 10.0 Å². The fourth-order valence-corrected chi connectivity index (χ4v) is 3.75. The summed E-state index contributed by atoms with van der Waals surface area (Å²) < 4.78 is 26.8. The molecule has 0 aromatic heterocycles. The molecule has 0 saturated carbocycles. The minimum atomic E-state index is -3.24. The Morgan fingerprint density at radius 3 is 2.36 bits per heavy atom. The molecule has 0 spiro atoms. The molecular formula is C16H27N3O2S. The van der Waals surface area contributed by atoms with Crippen LogP contribution in [-0.4, -0.2) is 64.5 Å². The van der Waals surface area contributed by atoms with E-state index in [0.29, 0.717) is 6.54 Å². The van der Waals surface area contributed by atoms with Crippen LogP contribution >= 0.6 is 0 Å². The minimum absolute atomic E-state index is 0.0573. The molecule has 1 aromatic carbocycles. The number of benzene rings is 1. The van der Waals surface area contributed by atoms with Crippen LogP contribution in [0.25, 0.3) is 0 Å². The largest absolute Gasteiger partial charge is 0.304 e. The Kier molecular flexibility index (Phi) is 6.37. The molecule has 2 rings (SSSR count). The second-order valence-corrected chi connectivity index (χ2v) is 7.94. The highest BCUT2D eigenvalue weighted by Crippen LogP contribution is 2.07. The zero-order valence-corrected chi connectivity index (χ0v) is 14.4. The molecule has 1 heterocycles. The summed E-state index contributed by atoms with van der Waals surface area (Å²) in [6.45, 7) is 7.81. The molecule has 0 atom stereocenters. The number of hydrogen-bond donors (Lipinski definition) is 1. The van der Waals surface area contributed by atoms with Crippen molar-refractivity contribution in [2.45, 2.75) is 19.1 Å². The van der Waals surface area contributed by atoms with Crippen molar-refractivity contribution < 1.29 is 8.42 Å². The van der Waals surface area contributed by atoms with Gasteiger partial charge in [0.15, 0.2) is 0 Å². The highest BCUT2D eigenvalue weighted by atomic mass is 32.2. The molecule has 0 bridgehead atoms. The molecule has 0 amide bonds. The number of piperazine rings is 1. The number of sulfonamides is 1. The molecule has 6 heteroatoms. The van der Waals surface area contributed by atoms with E-state index in [1.54, 1.807) is 0 Å². The van der Waals surface area contributed by atoms with Crippen LogP contribution in [0.2, 0.25) is 0 Å². The third kappa shape index (κ3) is 6.04. The summed E-state index contributed by atoms with van der Waals surface area (Å²) in [5, 5.41) is 0. The molecule has 1 aromatic rings. The third-order valence-corrected chi connectivity index (χ3v) is 5.40. The monoisotopic (exact) mass is 325 g/mol. The van der Waals surface area contributed by atoms with Crippen LogP contribution in [0, 0.1) is 6.92 Å². The molecule has 0 radical (unpaired) electrons. The molecular weight excluding hydrogens is 298 g/mol. The maximum atomic E-state index is 12.0. The first-order chi connectivity index (χ1) is 10.4. The summed E-state index contributed by atoms with van der Waals surface area (Å²) in [5.74, 6) is 0.0573. The zero-order valence-electron chi connectivity index (χ0n) is 13.6. The molecule has 22 heavy (non-hydrogen) atoms. The molecule has 5 nitrogen and oxygen atoms in total. The fourth-order valence-electron chi connectivity index (χ4n) is 2.56. The lowest BCUT2D eigenvalue weighted by atomic mass is 10.2. The Morgan fingerprint density at radius 1 is 1.09 bits per heavy atom. The average Bonchev–Trinajstić information content (AvgIpc) is 2.48. The molecule has 1 saturated heterocycles. The molecule has 1 aliphatic heterocycles. The first-order valence-corrected chi connectivity index (χ1v) is 9.54. The van der Waals surface area contributed by atoms with E-state index in [2.05, 4.69) is 21.6 Å². The predicted molar refractivity (Wildman–Crippen MR) is 90.4 cm³/mol. The van der Waals surface area contributed by atoms with Crippen molar-refractivity contribution in [3.05, 3.63) is 35.4 Å². The highest BCUT2D eigenvalue weighted by Gasteiger charge is 2.14. The van der Waals surface area contributed by atoms with Crippen LogP contribution in [0.15, 0.2) is 24.3 Å². The topological polar surface area (TPSA) is 52.7 Å². The van der Waals surface area contributed by atoms with Gasteiger partial charge in [0.05, 0.1) is 5.75 Å². The molecule has 1 aliphatic rings. The second-order valence-electron chi connectivity index (χ2n) is 6.14. The van der Waals surface area contributed by atoms with Crippen molar-refractivity contribution in [1.82, 2.24) is 14.5 Å². The minimum Gasteiger partial charge on any atom is -0.304 e. The number of aryl methyl sites for hydroxylation is 1. The molecule has 0 aliphatic carbocycles. The summed E-state index contributed by atoms with van der Waals surface area (Å²) in [6, 6.07) is 7.63. The van der Waals surface area contributed by atoms with Gasteiger partial charge < -0.3 is 9.80 Å². The quantitative estimate of drug-likeness (QED) is 0.762. The average molecular weight is 325 g/mol. The van der Waals surface area contributed by atoms with Gasteiger partial charge in [0, 0.05) is 32.7 Å². The SMILES string of the molecule is Cc1ccc(CS(=O)(=O)NCCCN2CCN(C)CC2)cc1. The number of nitrogens with zero attached hydrogens (tertiary/aromatic N) is 2. The Morgan fingerprint density at radius 2 is 1.73 bits per heavy atom. The van der Waals surface area contributed by atoms with E-state index in [0.717, 1.165) is 50.3 Å². The Balaban J connectivity index is 1.68. The van der Waals surface area contributed by atoms with Gasteiger partial charge in [-0.1, -0.05) is 29.8 Å². The Labute approximate surface area is 134 Å². The smallest absolute Gasteiger partial charge is 0.215 e. The first-order valence-electron chi connectivity index (χ1n) is 7.88. The molecule has 1 N–H and O–H groups in total. The van der Waals surface area contributed by atoms with E-state index in [4.69, 9.17) is 0 Å². The predicted octanol–water partition coefficient (Wildman–Crippen LogP) is 1.05. The van der Waals surface area contributed by atoms with Crippen LogP contribution in [0.1, 0.15) is 17.5 Å². The number of hydrogen-bond acceptors (Lipinski definition) is 4. The summed E-state index contributed by atoms with van der Waals surface area (Å²) in [4.78, 5) is 4.72. The van der Waals surface area contributed by atoms with Crippen LogP contribution in [0.3, 0.4) is 0 Å². The third-order valence-electron chi connectivity index (χ3n) is 4.05. The van der Waals surface area contributed by atoms with E-state index >= 15 is 0 Å². The standard InChI is InChI=1S/C16H27N3O2S/c1-15-4-6-16(7-5-15)14-22(20,21)17-8-3-9-19-12-10-18(2)11-13-19/h4-7,17H,3,8-14H2,1-2H3. The summed E-state index contributed by atoms with van der Waals surface area (Å²) >= 11 is 0. The summed E-state index contributed by atoms with van der Waals surface area (Å²) in [6.07, 6.45) is 0.858. The van der Waals surface area contributed by atoms with Gasteiger partial charge in [0.2, 0.25) is 10.0 Å². The number of rotatable bonds is 7. The van der Waals surface area contributed by atoms with Gasteiger partial charge in [-0.05, 0) is 32.5 Å². The van der Waals surface area contributed by atoms with Crippen LogP contribution in [0.4, 0.5) is 0 Å². The van der Waals surface area contributed by atoms with Gasteiger partial charge >= 0.3 is 0 Å². The van der Waals surface area contributed by atoms with Crippen LogP contribution in [0.5, 0.6) is 0 Å². The highest BCUT2D eigenvalue weighted by molar-refractivity contribution is 7.88. The van der Waals surface area contributed by atoms with Gasteiger partial charge in [0.1, 0.15) is 0 Å². The zero-order chi connectivity index (χ0) is 16.0. The molecule has 124 valence electrons. The van der Waals surface area contributed by atoms with Gasteiger partial charge in [-0.3, -0.25) is 0 Å². The van der Waals surface area contributed by atoms with Crippen molar-refractivity contribution in [2.24, 2.45) is 0 Å². The maximum Gasteiger partial charge on any atom is 0.215 e. The summed E-state index contributed by atoms with van der Waals surface area (Å²) in [5.41, 5.74) is 1.97. The van der Waals surface area contributed by atoms with Gasteiger partial charge in [-0.2, -0.15) is 0 Å². The number of nitrogens with one attached hydrogen (secondary N) is 1. The van der Waals surface area contributed by atoms with Gasteiger partial charge in [0.25, 0.3) is 0 Å². The Hall–Kier alpha value is -0.950. The lowest BCUT2D eigenvalue weighted by Gasteiger charge is -2.32. The summed E-state index contributed by atoms with van der Waals surface area (Å²) in [7, 11) is -1.10. The van der Waals surface area contributed by atoms with Crippen LogP contribution < -0.4 is 4.72 Å². The van der Waals surface area contributed by atoms with E-state index in [9.17, 15) is 8.42 Å². The normalized spacial score (nSPS) is 17.7. The van der Waals surface area contributed by atoms with Crippen molar-refractivity contribution >= 4 is 10.0 Å². The fraction of sp³-hybridized carbons (Fsp3) is 0.625. The molecule has 1 fully saturated rings. The lowest BCUT2D eigenvalue weighted by molar-refractivity contribution is 0.153. The van der Waals surface area contributed by atoms with E-state index in [1.165, 1.54) is 0 Å². The number of likely N-dealkylation sites (N-methyl/N-ethyl adjacent to an activating group) is 1. The Bertz CT molecular complexity index is 549. The second kappa shape index (κ2) is 8.06. The first kappa shape index (κ1) is 17.4. The van der Waals surface area contributed by atoms with Crippen LogP contribution in [-0.2, 0) is 15.8 Å². The lowest BCUT2D eigenvalue weighted by Crippen LogP contribution is -2.45. The van der Waals surface area contributed by atoms with E-state index in [-0.39, 0.29) is 5.75 Å². The van der Waals surface area contributed by atoms with Gasteiger partial charge in [-0.25, -0.2) is 13.1 Å². The molecule has 0 unspecified atom stereocenters. The van der Waals surface area contributed by atoms with Crippen molar-refractivity contribution in [3.8, 4) is 0 Å². The van der Waals surface area contributed by atoms with Crippen molar-refractivity contribution in [3.63, 3.8) is 0 Å². The van der Waals surface area contributed by atoms with Crippen molar-refractivity contribution in [1.29, 1.82) is 0 Å².